The van der Waals surface area contributed by atoms with Gasteiger partial charge in [-0.3, -0.25) is 4.72 Å². The second kappa shape index (κ2) is 7.36. The summed E-state index contributed by atoms with van der Waals surface area (Å²) in [4.78, 5) is -0.394. The number of rotatable bonds is 3. The van der Waals surface area contributed by atoms with E-state index in [4.69, 9.17) is 0 Å². The van der Waals surface area contributed by atoms with Crippen LogP contribution in [-0.4, -0.2) is 59.8 Å². The van der Waals surface area contributed by atoms with Crippen LogP contribution in [-0.2, 0) is 10.0 Å². The summed E-state index contributed by atoms with van der Waals surface area (Å²) in [6, 6.07) is 6.32. The largest absolute Gasteiger partial charge is 0.274 e. The van der Waals surface area contributed by atoms with Crippen molar-refractivity contribution in [3.05, 3.63) is 59.4 Å². The van der Waals surface area contributed by atoms with Crippen LogP contribution < -0.4 is 4.72 Å². The van der Waals surface area contributed by atoms with Crippen LogP contribution in [0, 0.1) is 29.1 Å². The van der Waals surface area contributed by atoms with E-state index in [-0.39, 0.29) is 51.4 Å². The van der Waals surface area contributed by atoms with E-state index in [9.17, 15) is 30.4 Å². The first-order chi connectivity index (χ1) is 9.75. The Labute approximate surface area is 165 Å². The number of hydrogen-bond donors (Lipinski definition) is 1. The maximum absolute atomic E-state index is 13.4. The van der Waals surface area contributed by atoms with E-state index >= 15 is 0 Å². The second-order valence-electron chi connectivity index (χ2n) is 3.86. The SMILES string of the molecule is O=S(=O)(Nc1c(F)c(F)c(F)c(F)c1F)c1ccccc1.[K]. The molecule has 0 aliphatic heterocycles. The molecule has 0 heterocycles. The number of halogens is 5. The molecule has 22 heavy (non-hydrogen) atoms. The molecule has 10 heteroatoms. The number of hydrogen-bond acceptors (Lipinski definition) is 2. The summed E-state index contributed by atoms with van der Waals surface area (Å²) in [5, 5.41) is 0. The first kappa shape index (κ1) is 19.5. The second-order valence-corrected chi connectivity index (χ2v) is 5.55. The summed E-state index contributed by atoms with van der Waals surface area (Å²) >= 11 is 0. The number of benzene rings is 2. The summed E-state index contributed by atoms with van der Waals surface area (Å²) in [6.45, 7) is 0. The van der Waals surface area contributed by atoms with Gasteiger partial charge in [-0.2, -0.15) is 0 Å². The maximum atomic E-state index is 13.4. The zero-order valence-corrected chi connectivity index (χ0v) is 14.9. The van der Waals surface area contributed by atoms with Crippen molar-refractivity contribution in [2.24, 2.45) is 0 Å². The Morgan fingerprint density at radius 2 is 1.14 bits per heavy atom. The van der Waals surface area contributed by atoms with E-state index < -0.39 is 49.7 Å². The summed E-state index contributed by atoms with van der Waals surface area (Å²) in [5.41, 5.74) is -1.63. The predicted molar refractivity (Wildman–Crippen MR) is 69.2 cm³/mol. The van der Waals surface area contributed by atoms with Crippen LogP contribution in [0.4, 0.5) is 27.6 Å². The average molecular weight is 362 g/mol. The monoisotopic (exact) mass is 362 g/mol. The standard InChI is InChI=1S/C12H6F5NO2S.K/c13-7-8(14)10(16)12(11(17)9(7)15)18-21(19,20)6-4-2-1-3-5-6;/h1-5,18H;. The van der Waals surface area contributed by atoms with Crippen LogP contribution in [0.1, 0.15) is 0 Å². The molecule has 0 aliphatic rings. The van der Waals surface area contributed by atoms with Gasteiger partial charge in [-0.05, 0) is 12.1 Å². The molecular weight excluding hydrogens is 356 g/mol. The normalized spacial score (nSPS) is 11.0. The summed E-state index contributed by atoms with van der Waals surface area (Å²) < 4.78 is 90.6. The van der Waals surface area contributed by atoms with Gasteiger partial charge in [0.1, 0.15) is 5.69 Å². The smallest absolute Gasteiger partial charge is 0.262 e. The zero-order valence-electron chi connectivity index (χ0n) is 11.0. The van der Waals surface area contributed by atoms with Crippen LogP contribution in [0.5, 0.6) is 0 Å². The van der Waals surface area contributed by atoms with Gasteiger partial charge in [-0.25, -0.2) is 30.4 Å². The third kappa shape index (κ3) is 3.69. The molecular formula is C12H6F5KNO2S. The minimum absolute atomic E-state index is 0. The Morgan fingerprint density at radius 3 is 1.59 bits per heavy atom. The minimum Gasteiger partial charge on any atom is -0.274 e. The Hall–Kier alpha value is -0.524. The average Bonchev–Trinajstić information content (AvgIpc) is 2.48. The van der Waals surface area contributed by atoms with E-state index in [1.54, 1.807) is 0 Å². The summed E-state index contributed by atoms with van der Waals surface area (Å²) in [6.07, 6.45) is 0. The molecule has 2 aromatic carbocycles. The van der Waals surface area contributed by atoms with Gasteiger partial charge in [0.05, 0.1) is 4.90 Å². The van der Waals surface area contributed by atoms with Crippen LogP contribution in [0.3, 0.4) is 0 Å². The predicted octanol–water partition coefficient (Wildman–Crippen LogP) is 2.80. The molecule has 2 rings (SSSR count). The number of nitrogens with one attached hydrogen (secondary N) is 1. The molecule has 0 bridgehead atoms. The van der Waals surface area contributed by atoms with Gasteiger partial charge < -0.3 is 0 Å². The van der Waals surface area contributed by atoms with Crippen molar-refractivity contribution in [1.82, 2.24) is 0 Å². The Balaban J connectivity index is 0.00000242. The maximum Gasteiger partial charge on any atom is 0.262 e. The van der Waals surface area contributed by atoms with Gasteiger partial charge in [0.15, 0.2) is 23.3 Å². The van der Waals surface area contributed by atoms with Gasteiger partial charge >= 0.3 is 0 Å². The third-order valence-electron chi connectivity index (χ3n) is 2.50. The fraction of sp³-hybridized carbons (Fsp3) is 0. The molecule has 0 atom stereocenters. The van der Waals surface area contributed by atoms with Crippen molar-refractivity contribution in [1.29, 1.82) is 0 Å². The van der Waals surface area contributed by atoms with E-state index in [1.807, 2.05) is 0 Å². The quantitative estimate of drug-likeness (QED) is 0.395. The van der Waals surface area contributed by atoms with Gasteiger partial charge in [0.25, 0.3) is 10.0 Å². The molecule has 113 valence electrons. The first-order valence-corrected chi connectivity index (χ1v) is 6.83. The fourth-order valence-corrected chi connectivity index (χ4v) is 2.57. The van der Waals surface area contributed by atoms with Crippen molar-refractivity contribution in [3.63, 3.8) is 0 Å². The van der Waals surface area contributed by atoms with Crippen molar-refractivity contribution in [2.75, 3.05) is 4.72 Å². The van der Waals surface area contributed by atoms with Gasteiger partial charge in [-0.15, -0.1) is 0 Å². The van der Waals surface area contributed by atoms with Crippen molar-refractivity contribution < 1.29 is 30.4 Å². The van der Waals surface area contributed by atoms with Gasteiger partial charge in [0.2, 0.25) is 5.82 Å². The summed E-state index contributed by atoms with van der Waals surface area (Å²) in [5.74, 6) is -11.4. The van der Waals surface area contributed by atoms with E-state index in [0.717, 1.165) is 12.1 Å². The molecule has 0 aromatic heterocycles. The van der Waals surface area contributed by atoms with E-state index in [1.165, 1.54) is 22.9 Å². The molecule has 0 amide bonds. The van der Waals surface area contributed by atoms with Crippen molar-refractivity contribution in [3.8, 4) is 0 Å². The molecule has 1 N–H and O–H groups in total. The van der Waals surface area contributed by atoms with Crippen LogP contribution >= 0.6 is 0 Å². The van der Waals surface area contributed by atoms with E-state index in [2.05, 4.69) is 0 Å². The van der Waals surface area contributed by atoms with E-state index in [0.29, 0.717) is 0 Å². The molecule has 3 nitrogen and oxygen atoms in total. The third-order valence-corrected chi connectivity index (χ3v) is 3.87. The van der Waals surface area contributed by atoms with Crippen LogP contribution in [0.15, 0.2) is 35.2 Å². The number of sulfonamides is 1. The molecule has 0 fully saturated rings. The number of anilines is 1. The van der Waals surface area contributed by atoms with Crippen molar-refractivity contribution >= 4 is 67.1 Å². The molecule has 0 aliphatic carbocycles. The fourth-order valence-electron chi connectivity index (χ4n) is 1.49. The van der Waals surface area contributed by atoms with Crippen LogP contribution in [0.2, 0.25) is 0 Å². The molecule has 0 saturated heterocycles. The molecule has 0 saturated carbocycles. The summed E-state index contributed by atoms with van der Waals surface area (Å²) in [7, 11) is -4.49. The molecule has 0 unspecified atom stereocenters. The minimum atomic E-state index is -4.49. The topological polar surface area (TPSA) is 46.2 Å². The Morgan fingerprint density at radius 1 is 0.727 bits per heavy atom. The molecule has 0 spiro atoms. The van der Waals surface area contributed by atoms with Gasteiger partial charge in [0, 0.05) is 51.4 Å². The molecule has 2 aromatic rings. The Bertz CT molecular complexity index is 770. The zero-order chi connectivity index (χ0) is 15.8. The van der Waals surface area contributed by atoms with Crippen LogP contribution in [0.25, 0.3) is 0 Å². The Kier molecular flexibility index (Phi) is 6.54. The molecule has 1 radical (unpaired) electrons. The van der Waals surface area contributed by atoms with Gasteiger partial charge in [-0.1, -0.05) is 18.2 Å². The van der Waals surface area contributed by atoms with Crippen molar-refractivity contribution in [2.45, 2.75) is 4.90 Å². The first-order valence-electron chi connectivity index (χ1n) is 5.35.